The Morgan fingerprint density at radius 2 is 2.08 bits per heavy atom. The Bertz CT molecular complexity index is 787. The van der Waals surface area contributed by atoms with E-state index in [4.69, 9.17) is 18.9 Å². The number of carbonyl (C=O) groups excluding carboxylic acids is 1. The second-order valence-corrected chi connectivity index (χ2v) is 5.37. The van der Waals surface area contributed by atoms with Crippen LogP contribution in [-0.2, 0) is 11.2 Å². The second-order valence-electron chi connectivity index (χ2n) is 5.37. The summed E-state index contributed by atoms with van der Waals surface area (Å²) in [5.41, 5.74) is 1.53. The fourth-order valence-electron chi connectivity index (χ4n) is 2.45. The molecule has 1 amide bonds. The summed E-state index contributed by atoms with van der Waals surface area (Å²) in [6.07, 6.45) is 2.39. The van der Waals surface area contributed by atoms with Gasteiger partial charge in [0.05, 0.1) is 7.11 Å². The number of allylic oxidation sites excluding steroid dienone is 1. The van der Waals surface area contributed by atoms with Crippen molar-refractivity contribution >= 4 is 11.6 Å². The number of anilines is 1. The first-order valence-electron chi connectivity index (χ1n) is 7.79. The van der Waals surface area contributed by atoms with Crippen molar-refractivity contribution in [3.63, 3.8) is 0 Å². The van der Waals surface area contributed by atoms with Crippen molar-refractivity contribution in [1.29, 1.82) is 0 Å². The van der Waals surface area contributed by atoms with Gasteiger partial charge in [0.15, 0.2) is 18.1 Å². The first-order chi connectivity index (χ1) is 12.2. The molecule has 130 valence electrons. The van der Waals surface area contributed by atoms with Gasteiger partial charge in [0.1, 0.15) is 11.5 Å². The van der Waals surface area contributed by atoms with Crippen LogP contribution in [0.1, 0.15) is 5.56 Å². The minimum absolute atomic E-state index is 0.106. The third-order valence-corrected chi connectivity index (χ3v) is 3.65. The number of nitrogens with one attached hydrogen (secondary N) is 1. The van der Waals surface area contributed by atoms with Crippen molar-refractivity contribution in [2.75, 3.05) is 25.8 Å². The Balaban J connectivity index is 1.61. The molecule has 3 rings (SSSR count). The number of hydrogen-bond acceptors (Lipinski definition) is 5. The van der Waals surface area contributed by atoms with Gasteiger partial charge in [-0.15, -0.1) is 6.58 Å². The molecule has 0 saturated carbocycles. The van der Waals surface area contributed by atoms with Crippen LogP contribution in [0.2, 0.25) is 0 Å². The Morgan fingerprint density at radius 3 is 2.88 bits per heavy atom. The third kappa shape index (κ3) is 4.03. The number of amides is 1. The summed E-state index contributed by atoms with van der Waals surface area (Å²) >= 11 is 0. The molecule has 0 fully saturated rings. The monoisotopic (exact) mass is 341 g/mol. The normalized spacial score (nSPS) is 11.7. The van der Waals surface area contributed by atoms with Crippen LogP contribution in [-0.4, -0.2) is 26.4 Å². The number of hydrogen-bond donors (Lipinski definition) is 1. The van der Waals surface area contributed by atoms with Crippen molar-refractivity contribution in [2.45, 2.75) is 6.42 Å². The molecule has 0 saturated heterocycles. The Hall–Kier alpha value is -3.15. The van der Waals surface area contributed by atoms with Crippen LogP contribution in [0.4, 0.5) is 5.69 Å². The highest BCUT2D eigenvalue weighted by molar-refractivity contribution is 5.92. The maximum atomic E-state index is 12.1. The van der Waals surface area contributed by atoms with E-state index < -0.39 is 0 Å². The lowest BCUT2D eigenvalue weighted by molar-refractivity contribution is -0.118. The minimum atomic E-state index is -0.265. The van der Waals surface area contributed by atoms with E-state index in [9.17, 15) is 4.79 Å². The first kappa shape index (κ1) is 16.7. The molecule has 2 aromatic rings. The number of fused-ring (bicyclic) bond motifs is 1. The summed E-state index contributed by atoms with van der Waals surface area (Å²) in [4.78, 5) is 12.1. The number of ether oxygens (including phenoxy) is 4. The van der Waals surface area contributed by atoms with Gasteiger partial charge in [0.25, 0.3) is 5.91 Å². The molecule has 1 aliphatic rings. The third-order valence-electron chi connectivity index (χ3n) is 3.65. The Kier molecular flexibility index (Phi) is 5.09. The molecule has 6 nitrogen and oxygen atoms in total. The predicted molar refractivity (Wildman–Crippen MR) is 93.6 cm³/mol. The molecule has 0 unspecified atom stereocenters. The SMILES string of the molecule is C=CCc1cc(OC)ccc1OCC(=O)Nc1ccc2c(c1)OCO2. The largest absolute Gasteiger partial charge is 0.497 e. The fraction of sp³-hybridized carbons (Fsp3) is 0.211. The summed E-state index contributed by atoms with van der Waals surface area (Å²) in [5.74, 6) is 2.37. The van der Waals surface area contributed by atoms with Gasteiger partial charge in [-0.3, -0.25) is 4.79 Å². The maximum absolute atomic E-state index is 12.1. The Labute approximate surface area is 146 Å². The predicted octanol–water partition coefficient (Wildman–Crippen LogP) is 3.17. The number of methoxy groups -OCH3 is 1. The summed E-state index contributed by atoms with van der Waals surface area (Å²) < 4.78 is 21.4. The molecule has 0 radical (unpaired) electrons. The maximum Gasteiger partial charge on any atom is 0.262 e. The summed E-state index contributed by atoms with van der Waals surface area (Å²) in [7, 11) is 1.60. The van der Waals surface area contributed by atoms with Gasteiger partial charge in [0.2, 0.25) is 6.79 Å². The van der Waals surface area contributed by atoms with Crippen LogP contribution in [0.5, 0.6) is 23.0 Å². The second kappa shape index (κ2) is 7.61. The molecule has 0 bridgehead atoms. The van der Waals surface area contributed by atoms with E-state index in [0.717, 1.165) is 11.3 Å². The standard InChI is InChI=1S/C19H19NO5/c1-3-4-13-9-15(22-2)6-8-16(13)23-11-19(21)20-14-5-7-17-18(10-14)25-12-24-17/h3,5-10H,1,4,11-12H2,2H3,(H,20,21). The highest BCUT2D eigenvalue weighted by Crippen LogP contribution is 2.34. The van der Waals surface area contributed by atoms with Crippen LogP contribution in [0.25, 0.3) is 0 Å². The van der Waals surface area contributed by atoms with Gasteiger partial charge >= 0.3 is 0 Å². The van der Waals surface area contributed by atoms with E-state index in [0.29, 0.717) is 29.4 Å². The average molecular weight is 341 g/mol. The summed E-state index contributed by atoms with van der Waals surface area (Å²) in [6, 6.07) is 10.7. The number of benzene rings is 2. The lowest BCUT2D eigenvalue weighted by atomic mass is 10.1. The molecule has 1 N–H and O–H groups in total. The van der Waals surface area contributed by atoms with Crippen LogP contribution in [0.15, 0.2) is 49.1 Å². The highest BCUT2D eigenvalue weighted by Gasteiger charge is 2.14. The lowest BCUT2D eigenvalue weighted by Crippen LogP contribution is -2.20. The van der Waals surface area contributed by atoms with E-state index in [1.807, 2.05) is 6.07 Å². The van der Waals surface area contributed by atoms with Gasteiger partial charge in [-0.1, -0.05) is 6.08 Å². The zero-order valence-corrected chi connectivity index (χ0v) is 13.9. The molecule has 1 aliphatic heterocycles. The molecule has 0 aliphatic carbocycles. The van der Waals surface area contributed by atoms with Crippen molar-refractivity contribution in [3.8, 4) is 23.0 Å². The van der Waals surface area contributed by atoms with Crippen LogP contribution in [0.3, 0.4) is 0 Å². The van der Waals surface area contributed by atoms with E-state index in [1.54, 1.807) is 43.5 Å². The summed E-state index contributed by atoms with van der Waals surface area (Å²) in [5, 5.41) is 2.77. The highest BCUT2D eigenvalue weighted by atomic mass is 16.7. The van der Waals surface area contributed by atoms with Crippen LogP contribution < -0.4 is 24.3 Å². The molecule has 0 aromatic heterocycles. The van der Waals surface area contributed by atoms with Gasteiger partial charge < -0.3 is 24.3 Å². The fourth-order valence-corrected chi connectivity index (χ4v) is 2.45. The lowest BCUT2D eigenvalue weighted by Gasteiger charge is -2.12. The van der Waals surface area contributed by atoms with Crippen LogP contribution in [0, 0.1) is 0 Å². The molecular weight excluding hydrogens is 322 g/mol. The molecule has 0 atom stereocenters. The topological polar surface area (TPSA) is 66.0 Å². The van der Waals surface area contributed by atoms with E-state index in [2.05, 4.69) is 11.9 Å². The van der Waals surface area contributed by atoms with Crippen LogP contribution >= 0.6 is 0 Å². The molecule has 0 spiro atoms. The first-order valence-corrected chi connectivity index (χ1v) is 7.79. The molecule has 6 heteroatoms. The molecule has 25 heavy (non-hydrogen) atoms. The number of carbonyl (C=O) groups is 1. The van der Waals surface area contributed by atoms with E-state index in [1.165, 1.54) is 0 Å². The molecule has 2 aromatic carbocycles. The number of rotatable bonds is 7. The van der Waals surface area contributed by atoms with Crippen molar-refractivity contribution in [1.82, 2.24) is 0 Å². The molecule has 1 heterocycles. The summed E-state index contributed by atoms with van der Waals surface area (Å²) in [6.45, 7) is 3.82. The van der Waals surface area contributed by atoms with E-state index in [-0.39, 0.29) is 19.3 Å². The Morgan fingerprint density at radius 1 is 1.24 bits per heavy atom. The molecular formula is C19H19NO5. The van der Waals surface area contributed by atoms with Crippen molar-refractivity contribution in [2.24, 2.45) is 0 Å². The van der Waals surface area contributed by atoms with Crippen molar-refractivity contribution in [3.05, 3.63) is 54.6 Å². The van der Waals surface area contributed by atoms with E-state index >= 15 is 0 Å². The smallest absolute Gasteiger partial charge is 0.262 e. The van der Waals surface area contributed by atoms with Gasteiger partial charge in [-0.25, -0.2) is 0 Å². The van der Waals surface area contributed by atoms with Gasteiger partial charge in [0, 0.05) is 17.3 Å². The zero-order valence-electron chi connectivity index (χ0n) is 13.9. The van der Waals surface area contributed by atoms with Crippen molar-refractivity contribution < 1.29 is 23.7 Å². The minimum Gasteiger partial charge on any atom is -0.497 e. The quantitative estimate of drug-likeness (QED) is 0.784. The average Bonchev–Trinajstić information content (AvgIpc) is 3.08. The van der Waals surface area contributed by atoms with Gasteiger partial charge in [-0.2, -0.15) is 0 Å². The zero-order chi connectivity index (χ0) is 17.6. The van der Waals surface area contributed by atoms with Gasteiger partial charge in [-0.05, 0) is 36.8 Å².